The van der Waals surface area contributed by atoms with Crippen LogP contribution in [0, 0.1) is 0 Å². The summed E-state index contributed by atoms with van der Waals surface area (Å²) in [7, 11) is 3.85. The number of nitrogens with zero attached hydrogens (tertiary/aromatic N) is 1. The van der Waals surface area contributed by atoms with Gasteiger partial charge in [-0.25, -0.2) is 0 Å². The van der Waals surface area contributed by atoms with Gasteiger partial charge in [0.1, 0.15) is 5.75 Å². The zero-order valence-corrected chi connectivity index (χ0v) is 14.3. The molecule has 2 heterocycles. The predicted octanol–water partition coefficient (Wildman–Crippen LogP) is 1.97. The van der Waals surface area contributed by atoms with E-state index < -0.39 is 0 Å². The summed E-state index contributed by atoms with van der Waals surface area (Å²) in [6, 6.07) is 8.85. The number of fused-ring (bicyclic) bond motifs is 1. The Morgan fingerprint density at radius 3 is 2.83 bits per heavy atom. The highest BCUT2D eigenvalue weighted by atomic mass is 16.5. The zero-order valence-electron chi connectivity index (χ0n) is 14.3. The van der Waals surface area contributed by atoms with Crippen molar-refractivity contribution in [1.29, 1.82) is 0 Å². The standard InChI is InChI=1S/C19H25N3O2/c1-22-15-9-5-4-8-13(15)21-14-11-20-19(23)17(14)18(22)12-7-3-6-10-16(12)24-2/h3,6-7,10,13,15,18,21H,4-5,8-9,11H2,1-2H3,(H,20,23)/t13-,15-,18-/m1/s1. The fourth-order valence-electron chi connectivity index (χ4n) is 4.57. The number of ether oxygens (including phenoxy) is 1. The predicted molar refractivity (Wildman–Crippen MR) is 92.7 cm³/mol. The molecule has 0 spiro atoms. The molecule has 1 saturated carbocycles. The van der Waals surface area contributed by atoms with E-state index in [1.54, 1.807) is 7.11 Å². The van der Waals surface area contributed by atoms with E-state index in [1.807, 2.05) is 18.2 Å². The Hall–Kier alpha value is -2.01. The van der Waals surface area contributed by atoms with Crippen molar-refractivity contribution in [2.75, 3.05) is 20.7 Å². The van der Waals surface area contributed by atoms with Gasteiger partial charge in [0, 0.05) is 23.3 Å². The van der Waals surface area contributed by atoms with Crippen molar-refractivity contribution < 1.29 is 9.53 Å². The number of carbonyl (C=O) groups excluding carboxylic acids is 1. The van der Waals surface area contributed by atoms with Crippen LogP contribution in [0.4, 0.5) is 0 Å². The highest BCUT2D eigenvalue weighted by Gasteiger charge is 2.43. The molecule has 1 aromatic carbocycles. The van der Waals surface area contributed by atoms with Crippen LogP contribution >= 0.6 is 0 Å². The summed E-state index contributed by atoms with van der Waals surface area (Å²) >= 11 is 0. The zero-order chi connectivity index (χ0) is 16.7. The molecule has 24 heavy (non-hydrogen) atoms. The highest BCUT2D eigenvalue weighted by molar-refractivity contribution is 5.98. The number of hydrogen-bond donors (Lipinski definition) is 2. The first kappa shape index (κ1) is 15.5. The minimum absolute atomic E-state index is 0.0407. The first-order chi connectivity index (χ1) is 11.7. The van der Waals surface area contributed by atoms with Gasteiger partial charge in [-0.05, 0) is 26.0 Å². The fourth-order valence-corrected chi connectivity index (χ4v) is 4.57. The molecule has 0 saturated heterocycles. The minimum Gasteiger partial charge on any atom is -0.496 e. The maximum absolute atomic E-state index is 12.6. The number of amides is 1. The van der Waals surface area contributed by atoms with E-state index in [0.717, 1.165) is 22.6 Å². The molecule has 3 atom stereocenters. The molecule has 4 rings (SSSR count). The maximum atomic E-state index is 12.6. The van der Waals surface area contributed by atoms with Crippen molar-refractivity contribution in [2.45, 2.75) is 43.8 Å². The molecule has 0 unspecified atom stereocenters. The summed E-state index contributed by atoms with van der Waals surface area (Å²) in [5.74, 6) is 0.883. The molecule has 3 aliphatic rings. The van der Waals surface area contributed by atoms with Crippen LogP contribution in [0.3, 0.4) is 0 Å². The van der Waals surface area contributed by atoms with E-state index in [9.17, 15) is 4.79 Å². The van der Waals surface area contributed by atoms with Gasteiger partial charge in [-0.3, -0.25) is 9.69 Å². The monoisotopic (exact) mass is 327 g/mol. The van der Waals surface area contributed by atoms with Gasteiger partial charge in [0.05, 0.1) is 25.3 Å². The lowest BCUT2D eigenvalue weighted by Crippen LogP contribution is -2.50. The highest BCUT2D eigenvalue weighted by Crippen LogP contribution is 2.41. The van der Waals surface area contributed by atoms with E-state index in [4.69, 9.17) is 4.74 Å². The second-order valence-electron chi connectivity index (χ2n) is 6.99. The van der Waals surface area contributed by atoms with E-state index in [1.165, 1.54) is 25.7 Å². The molecule has 0 aromatic heterocycles. The van der Waals surface area contributed by atoms with Crippen LogP contribution in [-0.2, 0) is 4.79 Å². The van der Waals surface area contributed by atoms with E-state index in [-0.39, 0.29) is 11.9 Å². The number of carbonyl (C=O) groups is 1. The lowest BCUT2D eigenvalue weighted by molar-refractivity contribution is -0.117. The largest absolute Gasteiger partial charge is 0.496 e. The van der Waals surface area contributed by atoms with Gasteiger partial charge in [-0.2, -0.15) is 0 Å². The first-order valence-electron chi connectivity index (χ1n) is 8.83. The van der Waals surface area contributed by atoms with Crippen molar-refractivity contribution in [2.24, 2.45) is 0 Å². The third kappa shape index (κ3) is 2.38. The van der Waals surface area contributed by atoms with Crippen molar-refractivity contribution in [3.8, 4) is 5.75 Å². The van der Waals surface area contributed by atoms with Gasteiger partial charge in [0.2, 0.25) is 0 Å². The van der Waals surface area contributed by atoms with Crippen LogP contribution in [0.2, 0.25) is 0 Å². The van der Waals surface area contributed by atoms with Crippen LogP contribution in [0.1, 0.15) is 37.3 Å². The third-order valence-electron chi connectivity index (χ3n) is 5.72. The van der Waals surface area contributed by atoms with Crippen molar-refractivity contribution in [1.82, 2.24) is 15.5 Å². The third-order valence-corrected chi connectivity index (χ3v) is 5.72. The molecule has 1 aliphatic carbocycles. The lowest BCUT2D eigenvalue weighted by atomic mass is 9.88. The summed E-state index contributed by atoms with van der Waals surface area (Å²) < 4.78 is 5.61. The van der Waals surface area contributed by atoms with E-state index >= 15 is 0 Å². The average molecular weight is 327 g/mol. The number of rotatable bonds is 2. The Balaban J connectivity index is 1.84. The molecule has 2 N–H and O–H groups in total. The van der Waals surface area contributed by atoms with Crippen molar-refractivity contribution in [3.05, 3.63) is 41.1 Å². The van der Waals surface area contributed by atoms with Crippen molar-refractivity contribution >= 4 is 5.91 Å². The average Bonchev–Trinajstić information content (AvgIpc) is 2.90. The number of hydrogen-bond acceptors (Lipinski definition) is 4. The molecular weight excluding hydrogens is 302 g/mol. The Bertz CT molecular complexity index is 685. The van der Waals surface area contributed by atoms with Gasteiger partial charge in [-0.1, -0.05) is 31.0 Å². The lowest BCUT2D eigenvalue weighted by Gasteiger charge is -2.40. The Morgan fingerprint density at radius 2 is 2.00 bits per heavy atom. The summed E-state index contributed by atoms with van der Waals surface area (Å²) in [6.45, 7) is 0.608. The van der Waals surface area contributed by atoms with Crippen LogP contribution < -0.4 is 15.4 Å². The van der Waals surface area contributed by atoms with Crippen LogP contribution in [0.15, 0.2) is 35.5 Å². The van der Waals surface area contributed by atoms with Crippen molar-refractivity contribution in [3.63, 3.8) is 0 Å². The normalized spacial score (nSPS) is 30.1. The number of nitrogens with one attached hydrogen (secondary N) is 2. The van der Waals surface area contributed by atoms with Crippen LogP contribution in [-0.4, -0.2) is 43.6 Å². The molecule has 5 heteroatoms. The Labute approximate surface area is 143 Å². The molecule has 1 amide bonds. The van der Waals surface area contributed by atoms with Gasteiger partial charge in [-0.15, -0.1) is 0 Å². The second kappa shape index (κ2) is 6.13. The van der Waals surface area contributed by atoms with Gasteiger partial charge in [0.15, 0.2) is 0 Å². The molecule has 2 aliphatic heterocycles. The number of methoxy groups -OCH3 is 1. The first-order valence-corrected chi connectivity index (χ1v) is 8.83. The number of benzene rings is 1. The summed E-state index contributed by atoms with van der Waals surface area (Å²) in [5.41, 5.74) is 2.99. The number of para-hydroxylation sites is 1. The van der Waals surface area contributed by atoms with Crippen LogP contribution in [0.25, 0.3) is 0 Å². The molecule has 1 fully saturated rings. The SMILES string of the molecule is COc1ccccc1[C@@H]1C2=C(CNC2=O)N[C@@H]2CCCC[C@H]2N1C. The van der Waals surface area contributed by atoms with Gasteiger partial charge >= 0.3 is 0 Å². The topological polar surface area (TPSA) is 53.6 Å². The molecule has 1 aromatic rings. The van der Waals surface area contributed by atoms with Gasteiger partial charge in [0.25, 0.3) is 5.91 Å². The Morgan fingerprint density at radius 1 is 1.21 bits per heavy atom. The fraction of sp³-hybridized carbons (Fsp3) is 0.526. The summed E-state index contributed by atoms with van der Waals surface area (Å²) in [4.78, 5) is 15.0. The van der Waals surface area contributed by atoms with Gasteiger partial charge < -0.3 is 15.4 Å². The smallest absolute Gasteiger partial charge is 0.251 e. The molecule has 5 nitrogen and oxygen atoms in total. The number of likely N-dealkylation sites (N-methyl/N-ethyl adjacent to an activating group) is 1. The quantitative estimate of drug-likeness (QED) is 0.872. The van der Waals surface area contributed by atoms with E-state index in [0.29, 0.717) is 18.6 Å². The summed E-state index contributed by atoms with van der Waals surface area (Å²) in [5, 5.41) is 6.69. The maximum Gasteiger partial charge on any atom is 0.251 e. The van der Waals surface area contributed by atoms with E-state index in [2.05, 4.69) is 28.6 Å². The van der Waals surface area contributed by atoms with Crippen LogP contribution in [0.5, 0.6) is 5.75 Å². The molecule has 0 radical (unpaired) electrons. The molecule has 0 bridgehead atoms. The summed E-state index contributed by atoms with van der Waals surface area (Å²) in [6.07, 6.45) is 4.84. The Kier molecular flexibility index (Phi) is 3.96. The molecule has 128 valence electrons. The second-order valence-corrected chi connectivity index (χ2v) is 6.99. The minimum atomic E-state index is -0.0701. The molecular formula is C19H25N3O2.